The molecule has 0 saturated carbocycles. The molecule has 3 aromatic carbocycles. The molecule has 0 spiro atoms. The molecule has 0 amide bonds. The number of nitrogens with zero attached hydrogens (tertiary/aromatic N) is 2. The molecular formula is C25H23FN2O4. The summed E-state index contributed by atoms with van der Waals surface area (Å²) in [6, 6.07) is 17.9. The molecule has 2 atom stereocenters. The molecule has 7 heteroatoms. The van der Waals surface area contributed by atoms with Gasteiger partial charge in [-0.3, -0.25) is 0 Å². The number of hydrazone groups is 1. The van der Waals surface area contributed by atoms with E-state index in [1.165, 1.54) is 12.1 Å². The lowest BCUT2D eigenvalue weighted by Gasteiger charge is -2.38. The number of halogens is 1. The molecule has 32 heavy (non-hydrogen) atoms. The number of ether oxygens (including phenoxy) is 4. The third-order valence-electron chi connectivity index (χ3n) is 5.87. The first-order valence-electron chi connectivity index (χ1n) is 10.3. The maximum Gasteiger partial charge on any atom is 0.214 e. The van der Waals surface area contributed by atoms with Crippen LogP contribution >= 0.6 is 0 Å². The van der Waals surface area contributed by atoms with Gasteiger partial charge in [0, 0.05) is 23.1 Å². The van der Waals surface area contributed by atoms with Gasteiger partial charge in [0.05, 0.1) is 33.1 Å². The van der Waals surface area contributed by atoms with E-state index in [4.69, 9.17) is 24.0 Å². The average Bonchev–Trinajstić information content (AvgIpc) is 3.29. The molecule has 0 saturated heterocycles. The van der Waals surface area contributed by atoms with Gasteiger partial charge in [-0.05, 0) is 36.4 Å². The molecular weight excluding hydrogens is 411 g/mol. The van der Waals surface area contributed by atoms with Gasteiger partial charge in [-0.2, -0.15) is 5.10 Å². The van der Waals surface area contributed by atoms with Crippen molar-refractivity contribution in [3.8, 4) is 23.0 Å². The maximum absolute atomic E-state index is 13.6. The third kappa shape index (κ3) is 3.30. The van der Waals surface area contributed by atoms with Crippen molar-refractivity contribution in [2.45, 2.75) is 18.7 Å². The molecule has 6 nitrogen and oxygen atoms in total. The van der Waals surface area contributed by atoms with Crippen molar-refractivity contribution in [1.82, 2.24) is 5.01 Å². The SMILES string of the molecule is COc1ccc(C2=NN3[C@@H](c4ccc(F)cc4)Oc4c(OC)cccc4[C@@H]3C2)cc1OC. The number of methoxy groups -OCH3 is 3. The highest BCUT2D eigenvalue weighted by Gasteiger charge is 2.42. The van der Waals surface area contributed by atoms with Gasteiger partial charge in [-0.15, -0.1) is 0 Å². The lowest BCUT2D eigenvalue weighted by atomic mass is 9.95. The number of hydrogen-bond acceptors (Lipinski definition) is 6. The van der Waals surface area contributed by atoms with Gasteiger partial charge >= 0.3 is 0 Å². The molecule has 0 fully saturated rings. The quantitative estimate of drug-likeness (QED) is 0.560. The van der Waals surface area contributed by atoms with E-state index in [-0.39, 0.29) is 11.9 Å². The standard InChI is InChI=1S/C25H23FN2O4/c1-29-21-12-9-16(13-23(21)31-3)19-14-20-18-5-4-6-22(30-2)24(18)32-25(28(20)27-19)15-7-10-17(26)11-8-15/h4-13,20,25H,14H2,1-3H3/t20-,25+/m0/s1. The summed E-state index contributed by atoms with van der Waals surface area (Å²) in [5.41, 5.74) is 3.66. The summed E-state index contributed by atoms with van der Waals surface area (Å²) in [5, 5.41) is 6.89. The number of benzene rings is 3. The van der Waals surface area contributed by atoms with Crippen LogP contribution in [0.5, 0.6) is 23.0 Å². The van der Waals surface area contributed by atoms with Crippen molar-refractivity contribution in [1.29, 1.82) is 0 Å². The fraction of sp³-hybridized carbons (Fsp3) is 0.240. The highest BCUT2D eigenvalue weighted by atomic mass is 19.1. The van der Waals surface area contributed by atoms with E-state index in [9.17, 15) is 4.39 Å². The highest BCUT2D eigenvalue weighted by molar-refractivity contribution is 6.02. The van der Waals surface area contributed by atoms with Crippen molar-refractivity contribution < 1.29 is 23.3 Å². The first kappa shape index (κ1) is 20.2. The van der Waals surface area contributed by atoms with E-state index < -0.39 is 6.23 Å². The van der Waals surface area contributed by atoms with Gasteiger partial charge in [0.15, 0.2) is 23.0 Å². The van der Waals surface area contributed by atoms with Gasteiger partial charge in [-0.1, -0.05) is 24.3 Å². The Labute approximate surface area is 185 Å². The second-order valence-electron chi connectivity index (χ2n) is 7.62. The van der Waals surface area contributed by atoms with Gasteiger partial charge < -0.3 is 18.9 Å². The van der Waals surface area contributed by atoms with Crippen LogP contribution in [0.2, 0.25) is 0 Å². The molecule has 2 aliphatic heterocycles. The zero-order valence-electron chi connectivity index (χ0n) is 18.0. The van der Waals surface area contributed by atoms with E-state index >= 15 is 0 Å². The van der Waals surface area contributed by atoms with Crippen molar-refractivity contribution >= 4 is 5.71 Å². The first-order valence-corrected chi connectivity index (χ1v) is 10.3. The Morgan fingerprint density at radius 1 is 0.906 bits per heavy atom. The van der Waals surface area contributed by atoms with Crippen LogP contribution in [0.15, 0.2) is 65.8 Å². The Hall–Kier alpha value is -3.74. The van der Waals surface area contributed by atoms with Gasteiger partial charge in [-0.25, -0.2) is 9.40 Å². The predicted molar refractivity (Wildman–Crippen MR) is 118 cm³/mol. The minimum Gasteiger partial charge on any atom is -0.493 e. The second-order valence-corrected chi connectivity index (χ2v) is 7.62. The molecule has 2 aliphatic rings. The lowest BCUT2D eigenvalue weighted by Crippen LogP contribution is -2.33. The van der Waals surface area contributed by atoms with Crippen LogP contribution in [0.3, 0.4) is 0 Å². The average molecular weight is 434 g/mol. The van der Waals surface area contributed by atoms with E-state index in [2.05, 4.69) is 0 Å². The maximum atomic E-state index is 13.6. The second kappa shape index (κ2) is 8.07. The van der Waals surface area contributed by atoms with Gasteiger partial charge in [0.2, 0.25) is 6.23 Å². The summed E-state index contributed by atoms with van der Waals surface area (Å²) in [7, 11) is 4.85. The lowest BCUT2D eigenvalue weighted by molar-refractivity contribution is -0.0209. The summed E-state index contributed by atoms with van der Waals surface area (Å²) in [6.45, 7) is 0. The molecule has 5 rings (SSSR count). The summed E-state index contributed by atoms with van der Waals surface area (Å²) < 4.78 is 36.4. The fourth-order valence-corrected chi connectivity index (χ4v) is 4.28. The molecule has 0 radical (unpaired) electrons. The molecule has 0 aromatic heterocycles. The van der Waals surface area contributed by atoms with Crippen LogP contribution in [0.4, 0.5) is 4.39 Å². The summed E-state index contributed by atoms with van der Waals surface area (Å²) in [6.07, 6.45) is 0.165. The van der Waals surface area contributed by atoms with E-state index in [1.54, 1.807) is 33.5 Å². The molecule has 2 heterocycles. The summed E-state index contributed by atoms with van der Waals surface area (Å²) in [4.78, 5) is 0. The number of fused-ring (bicyclic) bond motifs is 3. The largest absolute Gasteiger partial charge is 0.493 e. The van der Waals surface area contributed by atoms with Gasteiger partial charge in [0.1, 0.15) is 5.82 Å². The van der Waals surface area contributed by atoms with E-state index in [0.29, 0.717) is 29.4 Å². The number of para-hydroxylation sites is 1. The molecule has 0 unspecified atom stereocenters. The Balaban J connectivity index is 1.60. The molecule has 0 aliphatic carbocycles. The predicted octanol–water partition coefficient (Wildman–Crippen LogP) is 5.09. The van der Waals surface area contributed by atoms with Crippen LogP contribution in [0.25, 0.3) is 0 Å². The molecule has 0 bridgehead atoms. The van der Waals surface area contributed by atoms with E-state index in [0.717, 1.165) is 22.4 Å². The van der Waals surface area contributed by atoms with Crippen molar-refractivity contribution in [2.24, 2.45) is 5.10 Å². The summed E-state index contributed by atoms with van der Waals surface area (Å²) >= 11 is 0. The highest BCUT2D eigenvalue weighted by Crippen LogP contribution is 2.50. The van der Waals surface area contributed by atoms with Crippen molar-refractivity contribution in [3.63, 3.8) is 0 Å². The van der Waals surface area contributed by atoms with Crippen LogP contribution in [-0.2, 0) is 0 Å². The number of hydrogen-bond donors (Lipinski definition) is 0. The summed E-state index contributed by atoms with van der Waals surface area (Å²) in [5.74, 6) is 2.36. The zero-order chi connectivity index (χ0) is 22.2. The van der Waals surface area contributed by atoms with Crippen molar-refractivity contribution in [3.05, 3.63) is 83.2 Å². The molecule has 0 N–H and O–H groups in total. The topological polar surface area (TPSA) is 52.5 Å². The zero-order valence-corrected chi connectivity index (χ0v) is 18.0. The Morgan fingerprint density at radius 3 is 2.38 bits per heavy atom. The monoisotopic (exact) mass is 434 g/mol. The Kier molecular flexibility index (Phi) is 5.09. The first-order chi connectivity index (χ1) is 15.6. The Bertz CT molecular complexity index is 1180. The minimum absolute atomic E-state index is 0.0491. The number of rotatable bonds is 5. The van der Waals surface area contributed by atoms with Crippen molar-refractivity contribution in [2.75, 3.05) is 21.3 Å². The third-order valence-corrected chi connectivity index (χ3v) is 5.87. The van der Waals surface area contributed by atoms with Crippen LogP contribution in [0.1, 0.15) is 35.4 Å². The smallest absolute Gasteiger partial charge is 0.214 e. The van der Waals surface area contributed by atoms with Crippen LogP contribution in [0, 0.1) is 5.82 Å². The molecule has 164 valence electrons. The van der Waals surface area contributed by atoms with Crippen LogP contribution in [-0.4, -0.2) is 32.0 Å². The van der Waals surface area contributed by atoms with E-state index in [1.807, 2.05) is 41.4 Å². The van der Waals surface area contributed by atoms with Gasteiger partial charge in [0.25, 0.3) is 0 Å². The van der Waals surface area contributed by atoms with Crippen LogP contribution < -0.4 is 18.9 Å². The minimum atomic E-state index is -0.512. The normalized spacial score (nSPS) is 18.9. The molecule has 3 aromatic rings. The Morgan fingerprint density at radius 2 is 1.66 bits per heavy atom. The fourth-order valence-electron chi connectivity index (χ4n) is 4.28.